The lowest BCUT2D eigenvalue weighted by Crippen LogP contribution is -2.15. The van der Waals surface area contributed by atoms with Gasteiger partial charge in [-0.25, -0.2) is 0 Å². The molecule has 0 heteroatoms. The van der Waals surface area contributed by atoms with Crippen LogP contribution in [0.2, 0.25) is 0 Å². The van der Waals surface area contributed by atoms with E-state index >= 15 is 0 Å². The molecule has 1 fully saturated rings. The number of unbranched alkanes of at least 4 members (excludes halogenated alkanes) is 2. The zero-order chi connectivity index (χ0) is 21.7. The summed E-state index contributed by atoms with van der Waals surface area (Å²) >= 11 is 0. The Morgan fingerprint density at radius 2 is 1.16 bits per heavy atom. The molecular weight excluding hydrogens is 372 g/mol. The molecule has 0 bridgehead atoms. The zero-order valence-corrected chi connectivity index (χ0v) is 19.6. The van der Waals surface area contributed by atoms with Crippen LogP contribution in [0.25, 0.3) is 0 Å². The Bertz CT molecular complexity index is 885. The Balaban J connectivity index is 1.42. The Morgan fingerprint density at radius 1 is 0.645 bits per heavy atom. The van der Waals surface area contributed by atoms with Crippen molar-refractivity contribution in [1.29, 1.82) is 0 Å². The minimum atomic E-state index is 0.887. The van der Waals surface area contributed by atoms with Gasteiger partial charge in [0.15, 0.2) is 0 Å². The molecule has 0 aromatic heterocycles. The summed E-state index contributed by atoms with van der Waals surface area (Å²) in [5.74, 6) is 14.8. The number of benzene rings is 2. The van der Waals surface area contributed by atoms with E-state index in [2.05, 4.69) is 86.1 Å². The van der Waals surface area contributed by atoms with Gasteiger partial charge in [-0.3, -0.25) is 0 Å². The van der Waals surface area contributed by atoms with Gasteiger partial charge in [0.25, 0.3) is 0 Å². The molecule has 0 N–H and O–H groups in total. The Hall–Kier alpha value is -2.44. The van der Waals surface area contributed by atoms with Crippen LogP contribution in [0, 0.1) is 35.5 Å². The van der Waals surface area contributed by atoms with Gasteiger partial charge in [0.2, 0.25) is 0 Å². The first-order chi connectivity index (χ1) is 15.3. The maximum absolute atomic E-state index is 3.30. The highest BCUT2D eigenvalue weighted by molar-refractivity contribution is 5.46. The van der Waals surface area contributed by atoms with Gasteiger partial charge >= 0.3 is 0 Å². The predicted molar refractivity (Wildman–Crippen MR) is 134 cm³/mol. The SMILES string of the molecule is CCC#Cc1ccc(C#Cc2ccc(CC[C@H]3CC[C@H](CCCCC)CC3)cc2)cc1. The van der Waals surface area contributed by atoms with Gasteiger partial charge in [-0.05, 0) is 66.6 Å². The summed E-state index contributed by atoms with van der Waals surface area (Å²) in [5, 5.41) is 0. The van der Waals surface area contributed by atoms with E-state index in [9.17, 15) is 0 Å². The van der Waals surface area contributed by atoms with E-state index in [1.165, 1.54) is 69.8 Å². The molecular formula is C31H38. The highest BCUT2D eigenvalue weighted by Crippen LogP contribution is 2.34. The van der Waals surface area contributed by atoms with Crippen molar-refractivity contribution in [1.82, 2.24) is 0 Å². The second-order valence-electron chi connectivity index (χ2n) is 9.10. The molecule has 0 saturated heterocycles. The van der Waals surface area contributed by atoms with Crippen molar-refractivity contribution in [2.75, 3.05) is 0 Å². The molecule has 0 unspecified atom stereocenters. The van der Waals surface area contributed by atoms with Gasteiger partial charge in [-0.15, -0.1) is 0 Å². The summed E-state index contributed by atoms with van der Waals surface area (Å²) in [6.07, 6.45) is 15.0. The number of aryl methyl sites for hydroxylation is 1. The fraction of sp³-hybridized carbons (Fsp3) is 0.484. The Kier molecular flexibility index (Phi) is 9.80. The maximum atomic E-state index is 3.30. The van der Waals surface area contributed by atoms with Crippen molar-refractivity contribution in [3.63, 3.8) is 0 Å². The van der Waals surface area contributed by atoms with Gasteiger partial charge in [0.05, 0.1) is 0 Å². The van der Waals surface area contributed by atoms with Gasteiger partial charge in [-0.1, -0.05) is 101 Å². The normalized spacial score (nSPS) is 17.9. The van der Waals surface area contributed by atoms with Crippen molar-refractivity contribution >= 4 is 0 Å². The number of rotatable bonds is 7. The lowest BCUT2D eigenvalue weighted by Gasteiger charge is -2.28. The van der Waals surface area contributed by atoms with E-state index in [0.29, 0.717) is 0 Å². The highest BCUT2D eigenvalue weighted by atomic mass is 14.3. The van der Waals surface area contributed by atoms with Gasteiger partial charge in [-0.2, -0.15) is 0 Å². The predicted octanol–water partition coefficient (Wildman–Crippen LogP) is 8.17. The third kappa shape index (κ3) is 8.31. The fourth-order valence-electron chi connectivity index (χ4n) is 4.59. The molecule has 1 saturated carbocycles. The van der Waals surface area contributed by atoms with E-state index in [4.69, 9.17) is 0 Å². The fourth-order valence-corrected chi connectivity index (χ4v) is 4.59. The van der Waals surface area contributed by atoms with Crippen molar-refractivity contribution < 1.29 is 0 Å². The van der Waals surface area contributed by atoms with Crippen molar-refractivity contribution in [3.05, 3.63) is 70.8 Å². The summed E-state index contributed by atoms with van der Waals surface area (Å²) in [7, 11) is 0. The van der Waals surface area contributed by atoms with Crippen LogP contribution in [0.5, 0.6) is 0 Å². The van der Waals surface area contributed by atoms with E-state index in [0.717, 1.165) is 34.9 Å². The van der Waals surface area contributed by atoms with Crippen molar-refractivity contribution in [3.8, 4) is 23.7 Å². The third-order valence-electron chi connectivity index (χ3n) is 6.62. The second kappa shape index (κ2) is 13.1. The van der Waals surface area contributed by atoms with Crippen LogP contribution in [0.1, 0.15) is 100 Å². The first kappa shape index (κ1) is 23.2. The van der Waals surface area contributed by atoms with Crippen LogP contribution in [0.3, 0.4) is 0 Å². The minimum Gasteiger partial charge on any atom is -0.0982 e. The summed E-state index contributed by atoms with van der Waals surface area (Å²) < 4.78 is 0. The maximum Gasteiger partial charge on any atom is 0.0249 e. The Labute approximate surface area is 190 Å². The smallest absolute Gasteiger partial charge is 0.0249 e. The van der Waals surface area contributed by atoms with E-state index in [1.54, 1.807) is 0 Å². The van der Waals surface area contributed by atoms with Gasteiger partial charge in [0.1, 0.15) is 0 Å². The summed E-state index contributed by atoms with van der Waals surface area (Å²) in [6.45, 7) is 4.37. The molecule has 0 amide bonds. The molecule has 0 radical (unpaired) electrons. The Morgan fingerprint density at radius 3 is 1.71 bits per heavy atom. The summed E-state index contributed by atoms with van der Waals surface area (Å²) in [4.78, 5) is 0. The van der Waals surface area contributed by atoms with Crippen LogP contribution >= 0.6 is 0 Å². The molecule has 0 spiro atoms. The number of hydrogen-bond donors (Lipinski definition) is 0. The monoisotopic (exact) mass is 410 g/mol. The standard InChI is InChI=1S/C31H38/c1-3-5-7-9-27-12-16-29(17-13-27)19-21-31-24-22-30(23-25-31)20-18-28-14-10-26(11-15-28)8-6-4-2/h10-11,14-15,22-25,27,29H,3-5,7,9,12-13,16-17,19,21H2,1-2H3/t27-,29-. The zero-order valence-electron chi connectivity index (χ0n) is 19.6. The van der Waals surface area contributed by atoms with Crippen molar-refractivity contribution in [2.45, 2.75) is 84.5 Å². The van der Waals surface area contributed by atoms with E-state index in [1.807, 2.05) is 0 Å². The first-order valence-corrected chi connectivity index (χ1v) is 12.5. The summed E-state index contributed by atoms with van der Waals surface area (Å²) in [6, 6.07) is 17.1. The van der Waals surface area contributed by atoms with Crippen LogP contribution < -0.4 is 0 Å². The molecule has 1 aliphatic rings. The lowest BCUT2D eigenvalue weighted by molar-refractivity contribution is 0.249. The molecule has 31 heavy (non-hydrogen) atoms. The molecule has 162 valence electrons. The summed E-state index contributed by atoms with van der Waals surface area (Å²) in [5.41, 5.74) is 4.64. The first-order valence-electron chi connectivity index (χ1n) is 12.5. The van der Waals surface area contributed by atoms with E-state index < -0.39 is 0 Å². The molecule has 1 aliphatic carbocycles. The van der Waals surface area contributed by atoms with Gasteiger partial charge < -0.3 is 0 Å². The quantitative estimate of drug-likeness (QED) is 0.319. The number of hydrogen-bond acceptors (Lipinski definition) is 0. The van der Waals surface area contributed by atoms with Gasteiger partial charge in [0, 0.05) is 23.1 Å². The minimum absolute atomic E-state index is 0.887. The van der Waals surface area contributed by atoms with E-state index in [-0.39, 0.29) is 0 Å². The van der Waals surface area contributed by atoms with Crippen molar-refractivity contribution in [2.24, 2.45) is 11.8 Å². The molecule has 0 atom stereocenters. The van der Waals surface area contributed by atoms with Crippen LogP contribution in [-0.4, -0.2) is 0 Å². The third-order valence-corrected chi connectivity index (χ3v) is 6.62. The molecule has 2 aromatic carbocycles. The van der Waals surface area contributed by atoms with Crippen LogP contribution in [0.15, 0.2) is 48.5 Å². The largest absolute Gasteiger partial charge is 0.0982 e. The second-order valence-corrected chi connectivity index (χ2v) is 9.10. The van der Waals surface area contributed by atoms with Crippen LogP contribution in [0.4, 0.5) is 0 Å². The molecule has 0 nitrogen and oxygen atoms in total. The average molecular weight is 411 g/mol. The topological polar surface area (TPSA) is 0 Å². The average Bonchev–Trinajstić information content (AvgIpc) is 2.82. The molecule has 0 aliphatic heterocycles. The molecule has 3 rings (SSSR count). The molecule has 0 heterocycles. The molecule has 2 aromatic rings. The van der Waals surface area contributed by atoms with Crippen LogP contribution in [-0.2, 0) is 6.42 Å². The highest BCUT2D eigenvalue weighted by Gasteiger charge is 2.20. The lowest BCUT2D eigenvalue weighted by atomic mass is 9.78.